The number of carbonyl (C=O) groups is 1. The van der Waals surface area contributed by atoms with E-state index in [-0.39, 0.29) is 6.03 Å². The first kappa shape index (κ1) is 14.1. The number of anilines is 1. The molecule has 0 aromatic heterocycles. The van der Waals surface area contributed by atoms with Gasteiger partial charge in [-0.1, -0.05) is 30.5 Å². The minimum absolute atomic E-state index is 0.315. The largest absolute Gasteiger partial charge is 0.323 e. The zero-order valence-electron chi connectivity index (χ0n) is 11.6. The number of carbonyl (C=O) groups excluding carboxylic acids is 1. The SMILES string of the molecule is C/C(=C\NC(=O)Nc1ccccc1C#N)C1CCCC1. The molecule has 104 valence electrons. The number of amides is 2. The van der Waals surface area contributed by atoms with Crippen molar-refractivity contribution in [1.82, 2.24) is 5.32 Å². The number of allylic oxidation sites excluding steroid dienone is 1. The van der Waals surface area contributed by atoms with Crippen molar-refractivity contribution in [1.29, 1.82) is 5.26 Å². The van der Waals surface area contributed by atoms with Crippen LogP contribution in [0.4, 0.5) is 10.5 Å². The van der Waals surface area contributed by atoms with Crippen molar-refractivity contribution in [2.24, 2.45) is 5.92 Å². The zero-order chi connectivity index (χ0) is 14.4. The molecule has 1 aromatic rings. The van der Waals surface area contributed by atoms with Gasteiger partial charge in [-0.3, -0.25) is 0 Å². The van der Waals surface area contributed by atoms with E-state index in [4.69, 9.17) is 5.26 Å². The molecular weight excluding hydrogens is 250 g/mol. The third-order valence-electron chi connectivity index (χ3n) is 3.73. The van der Waals surface area contributed by atoms with E-state index in [0.717, 1.165) is 0 Å². The van der Waals surface area contributed by atoms with Crippen LogP contribution in [0.1, 0.15) is 38.2 Å². The van der Waals surface area contributed by atoms with Crippen molar-refractivity contribution in [2.75, 3.05) is 5.32 Å². The highest BCUT2D eigenvalue weighted by molar-refractivity contribution is 5.91. The predicted molar refractivity (Wildman–Crippen MR) is 79.0 cm³/mol. The van der Waals surface area contributed by atoms with E-state index in [0.29, 0.717) is 17.2 Å². The maximum absolute atomic E-state index is 11.8. The van der Waals surface area contributed by atoms with Gasteiger partial charge in [0.05, 0.1) is 11.3 Å². The molecule has 0 bridgehead atoms. The number of nitrogens with zero attached hydrogens (tertiary/aromatic N) is 1. The minimum atomic E-state index is -0.315. The average Bonchev–Trinajstić information content (AvgIpc) is 2.99. The summed E-state index contributed by atoms with van der Waals surface area (Å²) in [6.45, 7) is 2.06. The molecule has 1 aromatic carbocycles. The molecular formula is C16H19N3O. The third kappa shape index (κ3) is 3.61. The van der Waals surface area contributed by atoms with Crippen molar-refractivity contribution in [3.05, 3.63) is 41.6 Å². The summed E-state index contributed by atoms with van der Waals surface area (Å²) in [5.41, 5.74) is 2.20. The van der Waals surface area contributed by atoms with Gasteiger partial charge < -0.3 is 10.6 Å². The second-order valence-corrected chi connectivity index (χ2v) is 5.13. The summed E-state index contributed by atoms with van der Waals surface area (Å²) in [6, 6.07) is 8.69. The standard InChI is InChI=1S/C16H19N3O/c1-12(13-6-2-3-7-13)11-18-16(20)19-15-9-5-4-8-14(15)10-17/h4-5,8-9,11,13H,2-3,6-7H2,1H3,(H2,18,19,20)/b12-11+. The lowest BCUT2D eigenvalue weighted by Gasteiger charge is -2.11. The smallest absolute Gasteiger partial charge is 0.314 e. The van der Waals surface area contributed by atoms with Gasteiger partial charge in [-0.05, 0) is 37.8 Å². The molecule has 0 heterocycles. The van der Waals surface area contributed by atoms with E-state index in [2.05, 4.69) is 23.6 Å². The number of nitrogens with one attached hydrogen (secondary N) is 2. The van der Waals surface area contributed by atoms with E-state index in [1.54, 1.807) is 30.5 Å². The highest BCUT2D eigenvalue weighted by atomic mass is 16.2. The van der Waals surface area contributed by atoms with Crippen LogP contribution in [0.3, 0.4) is 0 Å². The Morgan fingerprint density at radius 2 is 2.05 bits per heavy atom. The van der Waals surface area contributed by atoms with Gasteiger partial charge in [0.2, 0.25) is 0 Å². The van der Waals surface area contributed by atoms with Crippen LogP contribution in [0.5, 0.6) is 0 Å². The molecule has 4 nitrogen and oxygen atoms in total. The first-order valence-corrected chi connectivity index (χ1v) is 6.94. The summed E-state index contributed by atoms with van der Waals surface area (Å²) in [5, 5.41) is 14.4. The molecule has 0 unspecified atom stereocenters. The van der Waals surface area contributed by atoms with Crippen molar-refractivity contribution in [2.45, 2.75) is 32.6 Å². The predicted octanol–water partition coefficient (Wildman–Crippen LogP) is 3.77. The number of rotatable bonds is 3. The molecule has 1 aliphatic rings. The Morgan fingerprint density at radius 3 is 2.75 bits per heavy atom. The van der Waals surface area contributed by atoms with Crippen molar-refractivity contribution < 1.29 is 4.79 Å². The fourth-order valence-corrected chi connectivity index (χ4v) is 2.53. The fraction of sp³-hybridized carbons (Fsp3) is 0.375. The Labute approximate surface area is 119 Å². The van der Waals surface area contributed by atoms with E-state index in [1.165, 1.54) is 31.3 Å². The third-order valence-corrected chi connectivity index (χ3v) is 3.73. The van der Waals surface area contributed by atoms with Crippen LogP contribution in [0.15, 0.2) is 36.0 Å². The first-order valence-electron chi connectivity index (χ1n) is 6.94. The molecule has 0 radical (unpaired) electrons. The molecule has 0 saturated heterocycles. The summed E-state index contributed by atoms with van der Waals surface area (Å²) in [6.07, 6.45) is 6.75. The van der Waals surface area contributed by atoms with E-state index in [1.807, 2.05) is 0 Å². The Balaban J connectivity index is 1.92. The van der Waals surface area contributed by atoms with Gasteiger partial charge in [0, 0.05) is 6.20 Å². The summed E-state index contributed by atoms with van der Waals surface area (Å²) in [4.78, 5) is 11.8. The molecule has 0 spiro atoms. The number of urea groups is 1. The quantitative estimate of drug-likeness (QED) is 0.877. The maximum Gasteiger partial charge on any atom is 0.323 e. The van der Waals surface area contributed by atoms with Gasteiger partial charge >= 0.3 is 6.03 Å². The van der Waals surface area contributed by atoms with Crippen LogP contribution in [0.2, 0.25) is 0 Å². The Kier molecular flexibility index (Phi) is 4.78. The van der Waals surface area contributed by atoms with Gasteiger partial charge in [0.1, 0.15) is 6.07 Å². The van der Waals surface area contributed by atoms with E-state index < -0.39 is 0 Å². The second kappa shape index (κ2) is 6.76. The molecule has 0 atom stereocenters. The molecule has 1 fully saturated rings. The molecule has 1 aliphatic carbocycles. The zero-order valence-corrected chi connectivity index (χ0v) is 11.6. The average molecular weight is 269 g/mol. The first-order chi connectivity index (χ1) is 9.70. The number of nitriles is 1. The van der Waals surface area contributed by atoms with Crippen LogP contribution >= 0.6 is 0 Å². The summed E-state index contributed by atoms with van der Waals surface area (Å²) in [5.74, 6) is 0.599. The van der Waals surface area contributed by atoms with Crippen LogP contribution in [-0.2, 0) is 0 Å². The molecule has 2 N–H and O–H groups in total. The van der Waals surface area contributed by atoms with Gasteiger partial charge in [0.25, 0.3) is 0 Å². The van der Waals surface area contributed by atoms with Crippen LogP contribution in [0.25, 0.3) is 0 Å². The summed E-state index contributed by atoms with van der Waals surface area (Å²) in [7, 11) is 0. The number of para-hydroxylation sites is 1. The molecule has 1 saturated carbocycles. The Bertz CT molecular complexity index is 551. The lowest BCUT2D eigenvalue weighted by molar-refractivity contribution is 0.255. The topological polar surface area (TPSA) is 64.9 Å². The van der Waals surface area contributed by atoms with Crippen LogP contribution in [0, 0.1) is 17.2 Å². The number of hydrogen-bond donors (Lipinski definition) is 2. The van der Waals surface area contributed by atoms with Crippen LogP contribution < -0.4 is 10.6 Å². The highest BCUT2D eigenvalue weighted by Gasteiger charge is 2.16. The number of benzene rings is 1. The van der Waals surface area contributed by atoms with Gasteiger partial charge in [-0.15, -0.1) is 0 Å². The van der Waals surface area contributed by atoms with E-state index in [9.17, 15) is 4.79 Å². The van der Waals surface area contributed by atoms with Crippen molar-refractivity contribution in [3.63, 3.8) is 0 Å². The molecule has 4 heteroatoms. The number of hydrogen-bond acceptors (Lipinski definition) is 2. The molecule has 2 rings (SSSR count). The lowest BCUT2D eigenvalue weighted by Crippen LogP contribution is -2.25. The molecule has 20 heavy (non-hydrogen) atoms. The summed E-state index contributed by atoms with van der Waals surface area (Å²) >= 11 is 0. The maximum atomic E-state index is 11.8. The van der Waals surface area contributed by atoms with Crippen LogP contribution in [-0.4, -0.2) is 6.03 Å². The van der Waals surface area contributed by atoms with Gasteiger partial charge in [-0.25, -0.2) is 4.79 Å². The van der Waals surface area contributed by atoms with Gasteiger partial charge in [-0.2, -0.15) is 5.26 Å². The molecule has 2 amide bonds. The lowest BCUT2D eigenvalue weighted by atomic mass is 10.0. The van der Waals surface area contributed by atoms with Gasteiger partial charge in [0.15, 0.2) is 0 Å². The van der Waals surface area contributed by atoms with E-state index >= 15 is 0 Å². The summed E-state index contributed by atoms with van der Waals surface area (Å²) < 4.78 is 0. The van der Waals surface area contributed by atoms with Crippen molar-refractivity contribution >= 4 is 11.7 Å². The monoisotopic (exact) mass is 269 g/mol. The Morgan fingerprint density at radius 1 is 1.35 bits per heavy atom. The fourth-order valence-electron chi connectivity index (χ4n) is 2.53. The second-order valence-electron chi connectivity index (χ2n) is 5.13. The normalized spacial score (nSPS) is 15.7. The molecule has 0 aliphatic heterocycles. The van der Waals surface area contributed by atoms with Crippen molar-refractivity contribution in [3.8, 4) is 6.07 Å². The minimum Gasteiger partial charge on any atom is -0.314 e. The Hall–Kier alpha value is -2.28. The highest BCUT2D eigenvalue weighted by Crippen LogP contribution is 2.30.